The third-order valence-corrected chi connectivity index (χ3v) is 3.18. The number of alkyl halides is 3. The van der Waals surface area contributed by atoms with Gasteiger partial charge in [-0.05, 0) is 0 Å². The van der Waals surface area contributed by atoms with Gasteiger partial charge in [0.1, 0.15) is 13.2 Å². The molecule has 1 aromatic heterocycles. The minimum Gasteiger partial charge on any atom is -0.383 e. The molecule has 0 radical (unpaired) electrons. The molecule has 0 saturated heterocycles. The monoisotopic (exact) mass is 337 g/mol. The van der Waals surface area contributed by atoms with Crippen molar-refractivity contribution in [3.63, 3.8) is 0 Å². The zero-order chi connectivity index (χ0) is 15.4. The average molecular weight is 338 g/mol. The first kappa shape index (κ1) is 17.1. The lowest BCUT2D eigenvalue weighted by molar-refractivity contribution is -0.177. The Balaban J connectivity index is 2.87. The van der Waals surface area contributed by atoms with Crippen LogP contribution >= 0.6 is 10.7 Å². The van der Waals surface area contributed by atoms with Gasteiger partial charge in [0.2, 0.25) is 0 Å². The van der Waals surface area contributed by atoms with Gasteiger partial charge < -0.3 is 9.47 Å². The molecular weight excluding hydrogens is 327 g/mol. The van der Waals surface area contributed by atoms with E-state index in [2.05, 4.69) is 14.9 Å². The normalized spacial score (nSPS) is 12.8. The van der Waals surface area contributed by atoms with E-state index in [1.165, 1.54) is 7.11 Å². The number of methoxy groups -OCH3 is 1. The van der Waals surface area contributed by atoms with Crippen LogP contribution in [0.4, 0.5) is 13.2 Å². The first-order chi connectivity index (χ1) is 9.15. The van der Waals surface area contributed by atoms with Crippen LogP contribution in [0.3, 0.4) is 0 Å². The maximum absolute atomic E-state index is 12.0. The van der Waals surface area contributed by atoms with Gasteiger partial charge in [-0.3, -0.25) is 4.57 Å². The fourth-order valence-corrected chi connectivity index (χ4v) is 2.21. The highest BCUT2D eigenvalue weighted by atomic mass is 35.7. The third kappa shape index (κ3) is 5.23. The minimum absolute atomic E-state index is 0.00942. The first-order valence-electron chi connectivity index (χ1n) is 5.15. The minimum atomic E-state index is -4.49. The van der Waals surface area contributed by atoms with E-state index in [9.17, 15) is 21.6 Å². The SMILES string of the molecule is COCCn1c(COCC(F)(F)F)nnc1S(=O)(=O)Cl. The van der Waals surface area contributed by atoms with Crippen molar-refractivity contribution in [2.24, 2.45) is 0 Å². The molecule has 20 heavy (non-hydrogen) atoms. The lowest BCUT2D eigenvalue weighted by Gasteiger charge is -2.10. The molecule has 0 aliphatic rings. The molecule has 1 rings (SSSR count). The van der Waals surface area contributed by atoms with Crippen LogP contribution in [0.15, 0.2) is 5.16 Å². The molecule has 0 N–H and O–H groups in total. The van der Waals surface area contributed by atoms with Crippen LogP contribution in [0, 0.1) is 0 Å². The number of aromatic nitrogens is 3. The lowest BCUT2D eigenvalue weighted by Crippen LogP contribution is -2.19. The van der Waals surface area contributed by atoms with E-state index in [0.29, 0.717) is 0 Å². The third-order valence-electron chi connectivity index (χ3n) is 2.03. The van der Waals surface area contributed by atoms with Crippen molar-refractivity contribution in [2.45, 2.75) is 24.5 Å². The summed E-state index contributed by atoms with van der Waals surface area (Å²) in [6.45, 7) is -1.92. The molecule has 0 unspecified atom stereocenters. The van der Waals surface area contributed by atoms with E-state index in [4.69, 9.17) is 15.4 Å². The molecule has 0 aliphatic carbocycles. The van der Waals surface area contributed by atoms with Crippen molar-refractivity contribution in [3.05, 3.63) is 5.82 Å². The predicted octanol–water partition coefficient (Wildman–Crippen LogP) is 0.931. The van der Waals surface area contributed by atoms with Crippen LogP contribution < -0.4 is 0 Å². The number of nitrogens with zero attached hydrogens (tertiary/aromatic N) is 3. The summed E-state index contributed by atoms with van der Waals surface area (Å²) in [5.74, 6) is -0.0921. The molecule has 116 valence electrons. The van der Waals surface area contributed by atoms with E-state index >= 15 is 0 Å². The van der Waals surface area contributed by atoms with Crippen molar-refractivity contribution in [3.8, 4) is 0 Å². The Morgan fingerprint density at radius 1 is 1.35 bits per heavy atom. The smallest absolute Gasteiger partial charge is 0.383 e. The van der Waals surface area contributed by atoms with Gasteiger partial charge in [-0.2, -0.15) is 13.2 Å². The maximum atomic E-state index is 12.0. The van der Waals surface area contributed by atoms with Gasteiger partial charge >= 0.3 is 6.18 Å². The summed E-state index contributed by atoms with van der Waals surface area (Å²) >= 11 is 0. The Hall–Kier alpha value is -0.910. The molecule has 0 bridgehead atoms. The summed E-state index contributed by atoms with van der Waals surface area (Å²) in [5, 5.41) is 6.22. The molecule has 0 amide bonds. The van der Waals surface area contributed by atoms with E-state index in [-0.39, 0.29) is 19.0 Å². The van der Waals surface area contributed by atoms with Gasteiger partial charge in [-0.1, -0.05) is 0 Å². The standard InChI is InChI=1S/C8H11ClF3N3O4S/c1-18-3-2-15-6(4-19-5-8(10,11)12)13-14-7(15)20(9,16)17/h2-5H2,1H3. The van der Waals surface area contributed by atoms with Crippen molar-refractivity contribution < 1.29 is 31.1 Å². The number of halogens is 4. The summed E-state index contributed by atoms with van der Waals surface area (Å²) in [5.41, 5.74) is 0. The number of rotatable bonds is 7. The van der Waals surface area contributed by atoms with Gasteiger partial charge in [0.25, 0.3) is 14.2 Å². The van der Waals surface area contributed by atoms with E-state index in [1.54, 1.807) is 0 Å². The molecule has 0 aromatic carbocycles. The molecular formula is C8H11ClF3N3O4S. The zero-order valence-corrected chi connectivity index (χ0v) is 11.8. The van der Waals surface area contributed by atoms with Gasteiger partial charge in [0, 0.05) is 17.8 Å². The van der Waals surface area contributed by atoms with Crippen molar-refractivity contribution >= 4 is 19.7 Å². The van der Waals surface area contributed by atoms with E-state index in [1.807, 2.05) is 0 Å². The second-order valence-electron chi connectivity index (χ2n) is 3.59. The fourth-order valence-electron chi connectivity index (χ4n) is 1.27. The first-order valence-corrected chi connectivity index (χ1v) is 7.46. The topological polar surface area (TPSA) is 83.3 Å². The van der Waals surface area contributed by atoms with Crippen LogP contribution in [0.1, 0.15) is 5.82 Å². The maximum Gasteiger partial charge on any atom is 0.411 e. The Labute approximate surface area is 117 Å². The second kappa shape index (κ2) is 6.70. The molecule has 7 nitrogen and oxygen atoms in total. The molecule has 0 aliphatic heterocycles. The van der Waals surface area contributed by atoms with Crippen LogP contribution in [-0.4, -0.2) is 49.7 Å². The molecule has 0 atom stereocenters. The van der Waals surface area contributed by atoms with Gasteiger partial charge in [0.05, 0.1) is 13.2 Å². The Kier molecular flexibility index (Phi) is 5.74. The van der Waals surface area contributed by atoms with Gasteiger partial charge in [-0.15, -0.1) is 10.2 Å². The molecule has 12 heteroatoms. The van der Waals surface area contributed by atoms with Crippen molar-refractivity contribution in [1.82, 2.24) is 14.8 Å². The predicted molar refractivity (Wildman–Crippen MR) is 60.6 cm³/mol. The molecule has 0 saturated carbocycles. The van der Waals surface area contributed by atoms with E-state index in [0.717, 1.165) is 4.57 Å². The summed E-state index contributed by atoms with van der Waals surface area (Å²) in [6, 6.07) is 0. The highest BCUT2D eigenvalue weighted by Gasteiger charge is 2.28. The van der Waals surface area contributed by atoms with Crippen LogP contribution in [0.25, 0.3) is 0 Å². The zero-order valence-electron chi connectivity index (χ0n) is 10.2. The summed E-state index contributed by atoms with van der Waals surface area (Å²) in [4.78, 5) is 0. The molecule has 0 spiro atoms. The molecule has 1 heterocycles. The van der Waals surface area contributed by atoms with E-state index < -0.39 is 33.6 Å². The largest absolute Gasteiger partial charge is 0.411 e. The van der Waals surface area contributed by atoms with Gasteiger partial charge in [-0.25, -0.2) is 8.42 Å². The second-order valence-corrected chi connectivity index (χ2v) is 6.05. The van der Waals surface area contributed by atoms with Gasteiger partial charge in [0.15, 0.2) is 5.82 Å². The lowest BCUT2D eigenvalue weighted by atomic mass is 10.5. The molecule has 1 aromatic rings. The van der Waals surface area contributed by atoms with Crippen LogP contribution in [0.2, 0.25) is 0 Å². The Bertz CT molecular complexity index is 546. The van der Waals surface area contributed by atoms with Crippen molar-refractivity contribution in [1.29, 1.82) is 0 Å². The summed E-state index contributed by atoms with van der Waals surface area (Å²) < 4.78 is 68.5. The van der Waals surface area contributed by atoms with Crippen LogP contribution in [-0.2, 0) is 31.7 Å². The van der Waals surface area contributed by atoms with Crippen LogP contribution in [0.5, 0.6) is 0 Å². The Morgan fingerprint density at radius 3 is 2.50 bits per heavy atom. The average Bonchev–Trinajstić information content (AvgIpc) is 2.67. The number of hydrogen-bond donors (Lipinski definition) is 0. The highest BCUT2D eigenvalue weighted by Crippen LogP contribution is 2.17. The summed E-state index contributed by atoms with van der Waals surface area (Å²) in [6.07, 6.45) is -4.49. The quantitative estimate of drug-likeness (QED) is 0.688. The van der Waals surface area contributed by atoms with Crippen molar-refractivity contribution in [2.75, 3.05) is 20.3 Å². The fraction of sp³-hybridized carbons (Fsp3) is 0.750. The number of hydrogen-bond acceptors (Lipinski definition) is 6. The number of ether oxygens (including phenoxy) is 2. The Morgan fingerprint density at radius 2 is 2.00 bits per heavy atom. The highest BCUT2D eigenvalue weighted by molar-refractivity contribution is 8.13. The summed E-state index contributed by atoms with van der Waals surface area (Å²) in [7, 11) is 2.36. The molecule has 0 fully saturated rings.